The zero-order valence-corrected chi connectivity index (χ0v) is 12.9. The average Bonchev–Trinajstić information content (AvgIpc) is 2.59. The highest BCUT2D eigenvalue weighted by atomic mass is 19.1. The Bertz CT molecular complexity index is 626. The highest BCUT2D eigenvalue weighted by Crippen LogP contribution is 2.14. The van der Waals surface area contributed by atoms with E-state index >= 15 is 0 Å². The van der Waals surface area contributed by atoms with Crippen LogP contribution >= 0.6 is 0 Å². The molecule has 120 valence electrons. The van der Waals surface area contributed by atoms with E-state index in [1.54, 1.807) is 17.0 Å². The van der Waals surface area contributed by atoms with Gasteiger partial charge in [0.05, 0.1) is 23.6 Å². The molecular formula is C17H19FN4O. The average molecular weight is 314 g/mol. The van der Waals surface area contributed by atoms with Gasteiger partial charge in [-0.2, -0.15) is 10.5 Å². The molecular weight excluding hydrogens is 295 g/mol. The van der Waals surface area contributed by atoms with Crippen molar-refractivity contribution in [2.24, 2.45) is 5.92 Å². The molecule has 5 nitrogen and oxygen atoms in total. The van der Waals surface area contributed by atoms with Crippen LogP contribution in [-0.4, -0.2) is 48.4 Å². The number of nitrogens with zero attached hydrogens (tertiary/aromatic N) is 4. The lowest BCUT2D eigenvalue weighted by Crippen LogP contribution is -2.49. The van der Waals surface area contributed by atoms with Crippen LogP contribution in [0.15, 0.2) is 24.3 Å². The van der Waals surface area contributed by atoms with E-state index in [4.69, 9.17) is 10.5 Å². The molecule has 1 saturated heterocycles. The predicted molar refractivity (Wildman–Crippen MR) is 82.7 cm³/mol. The molecule has 1 aliphatic heterocycles. The maximum atomic E-state index is 13.7. The standard InChI is InChI=1S/C17H19FN4O/c18-16-6-2-1-5-15(16)17(23)22-10-8-21(9-11-22)13-14(12-20)4-3-7-19/h1-2,5-6,14H,3-4,8-11,13H2/t14-/m1/s1. The van der Waals surface area contributed by atoms with E-state index in [0.29, 0.717) is 45.6 Å². The molecule has 1 aromatic rings. The summed E-state index contributed by atoms with van der Waals surface area (Å²) >= 11 is 0. The molecule has 0 saturated carbocycles. The Morgan fingerprint density at radius 1 is 1.22 bits per heavy atom. The van der Waals surface area contributed by atoms with Gasteiger partial charge in [0, 0.05) is 39.1 Å². The summed E-state index contributed by atoms with van der Waals surface area (Å²) in [7, 11) is 0. The number of amides is 1. The Hall–Kier alpha value is -2.44. The second-order valence-corrected chi connectivity index (χ2v) is 5.60. The van der Waals surface area contributed by atoms with Crippen LogP contribution < -0.4 is 0 Å². The molecule has 0 unspecified atom stereocenters. The van der Waals surface area contributed by atoms with Crippen LogP contribution in [-0.2, 0) is 0 Å². The Labute approximate surface area is 135 Å². The minimum Gasteiger partial charge on any atom is -0.336 e. The Balaban J connectivity index is 1.87. The summed E-state index contributed by atoms with van der Waals surface area (Å²) in [6.07, 6.45) is 0.950. The quantitative estimate of drug-likeness (QED) is 0.833. The van der Waals surface area contributed by atoms with Crippen LogP contribution in [0.3, 0.4) is 0 Å². The molecule has 2 rings (SSSR count). The zero-order valence-electron chi connectivity index (χ0n) is 12.9. The van der Waals surface area contributed by atoms with E-state index in [0.717, 1.165) is 0 Å². The number of halogens is 1. The Kier molecular flexibility index (Phi) is 6.08. The number of benzene rings is 1. The number of carbonyl (C=O) groups is 1. The maximum absolute atomic E-state index is 13.7. The second-order valence-electron chi connectivity index (χ2n) is 5.60. The number of nitriles is 2. The number of hydrogen-bond acceptors (Lipinski definition) is 4. The van der Waals surface area contributed by atoms with Crippen LogP contribution in [0.25, 0.3) is 0 Å². The molecule has 1 heterocycles. The number of hydrogen-bond donors (Lipinski definition) is 0. The minimum atomic E-state index is -0.499. The van der Waals surface area contributed by atoms with Gasteiger partial charge in [-0.15, -0.1) is 0 Å². The largest absolute Gasteiger partial charge is 0.336 e. The topological polar surface area (TPSA) is 71.1 Å². The summed E-state index contributed by atoms with van der Waals surface area (Å²) < 4.78 is 13.7. The van der Waals surface area contributed by atoms with Crippen molar-refractivity contribution in [1.82, 2.24) is 9.80 Å². The predicted octanol–water partition coefficient (Wildman–Crippen LogP) is 2.03. The first-order chi connectivity index (χ1) is 11.2. The zero-order chi connectivity index (χ0) is 16.7. The van der Waals surface area contributed by atoms with Gasteiger partial charge in [-0.05, 0) is 18.6 Å². The molecule has 1 aromatic carbocycles. The molecule has 23 heavy (non-hydrogen) atoms. The lowest BCUT2D eigenvalue weighted by atomic mass is 10.0. The van der Waals surface area contributed by atoms with E-state index in [9.17, 15) is 9.18 Å². The van der Waals surface area contributed by atoms with Crippen LogP contribution in [0.2, 0.25) is 0 Å². The number of piperazine rings is 1. The lowest BCUT2D eigenvalue weighted by molar-refractivity contribution is 0.0620. The van der Waals surface area contributed by atoms with Crippen molar-refractivity contribution in [1.29, 1.82) is 10.5 Å². The summed E-state index contributed by atoms with van der Waals surface area (Å²) in [5.74, 6) is -0.950. The number of rotatable bonds is 5. The molecule has 0 N–H and O–H groups in total. The van der Waals surface area contributed by atoms with Gasteiger partial charge in [0.25, 0.3) is 5.91 Å². The summed E-state index contributed by atoms with van der Waals surface area (Å²) in [5, 5.41) is 17.7. The molecule has 0 bridgehead atoms. The van der Waals surface area contributed by atoms with Gasteiger partial charge in [0.1, 0.15) is 5.82 Å². The monoisotopic (exact) mass is 314 g/mol. The van der Waals surface area contributed by atoms with Crippen molar-refractivity contribution in [3.63, 3.8) is 0 Å². The minimum absolute atomic E-state index is 0.102. The maximum Gasteiger partial charge on any atom is 0.256 e. The lowest BCUT2D eigenvalue weighted by Gasteiger charge is -2.35. The normalized spacial score (nSPS) is 16.4. The molecule has 0 aromatic heterocycles. The second kappa shape index (κ2) is 8.26. The summed E-state index contributed by atoms with van der Waals surface area (Å²) in [5.41, 5.74) is 0.102. The van der Waals surface area contributed by atoms with Crippen molar-refractivity contribution < 1.29 is 9.18 Å². The van der Waals surface area contributed by atoms with Gasteiger partial charge < -0.3 is 4.90 Å². The Morgan fingerprint density at radius 3 is 2.52 bits per heavy atom. The van der Waals surface area contributed by atoms with E-state index in [-0.39, 0.29) is 17.4 Å². The fourth-order valence-electron chi connectivity index (χ4n) is 2.69. The van der Waals surface area contributed by atoms with Gasteiger partial charge in [-0.3, -0.25) is 9.69 Å². The third-order valence-electron chi connectivity index (χ3n) is 4.03. The first-order valence-electron chi connectivity index (χ1n) is 7.68. The molecule has 1 fully saturated rings. The van der Waals surface area contributed by atoms with Crippen LogP contribution in [0.4, 0.5) is 4.39 Å². The van der Waals surface area contributed by atoms with Gasteiger partial charge in [-0.1, -0.05) is 12.1 Å². The van der Waals surface area contributed by atoms with Crippen LogP contribution in [0, 0.1) is 34.4 Å². The molecule has 1 aliphatic rings. The van der Waals surface area contributed by atoms with Gasteiger partial charge in [0.15, 0.2) is 0 Å². The van der Waals surface area contributed by atoms with Crippen LogP contribution in [0.1, 0.15) is 23.2 Å². The van der Waals surface area contributed by atoms with Crippen molar-refractivity contribution in [2.75, 3.05) is 32.7 Å². The molecule has 1 atom stereocenters. The summed E-state index contributed by atoms with van der Waals surface area (Å²) in [6.45, 7) is 2.96. The molecule has 6 heteroatoms. The van der Waals surface area contributed by atoms with E-state index in [2.05, 4.69) is 17.0 Å². The van der Waals surface area contributed by atoms with Crippen molar-refractivity contribution in [2.45, 2.75) is 12.8 Å². The van der Waals surface area contributed by atoms with E-state index < -0.39 is 5.82 Å². The third-order valence-corrected chi connectivity index (χ3v) is 4.03. The fourth-order valence-corrected chi connectivity index (χ4v) is 2.69. The smallest absolute Gasteiger partial charge is 0.256 e. The fraction of sp³-hybridized carbons (Fsp3) is 0.471. The molecule has 0 aliphatic carbocycles. The van der Waals surface area contributed by atoms with Crippen molar-refractivity contribution in [3.8, 4) is 12.1 Å². The van der Waals surface area contributed by atoms with Gasteiger partial charge >= 0.3 is 0 Å². The van der Waals surface area contributed by atoms with Gasteiger partial charge in [-0.25, -0.2) is 4.39 Å². The molecule has 0 spiro atoms. The summed E-state index contributed by atoms with van der Waals surface area (Å²) in [4.78, 5) is 16.1. The molecule has 0 radical (unpaired) electrons. The number of carbonyl (C=O) groups excluding carboxylic acids is 1. The third kappa shape index (κ3) is 4.51. The van der Waals surface area contributed by atoms with E-state index in [1.807, 2.05) is 0 Å². The van der Waals surface area contributed by atoms with Crippen molar-refractivity contribution >= 4 is 5.91 Å². The Morgan fingerprint density at radius 2 is 1.91 bits per heavy atom. The summed E-state index contributed by atoms with van der Waals surface area (Å²) in [6, 6.07) is 10.3. The SMILES string of the molecule is N#CCC[C@H](C#N)CN1CCN(C(=O)c2ccccc2F)CC1. The van der Waals surface area contributed by atoms with E-state index in [1.165, 1.54) is 12.1 Å². The highest BCUT2D eigenvalue weighted by Gasteiger charge is 2.25. The first kappa shape index (κ1) is 16.9. The highest BCUT2D eigenvalue weighted by molar-refractivity contribution is 5.94. The van der Waals surface area contributed by atoms with Crippen molar-refractivity contribution in [3.05, 3.63) is 35.6 Å². The first-order valence-corrected chi connectivity index (χ1v) is 7.68. The van der Waals surface area contributed by atoms with Gasteiger partial charge in [0.2, 0.25) is 0 Å². The van der Waals surface area contributed by atoms with Crippen LogP contribution in [0.5, 0.6) is 0 Å². The molecule has 1 amide bonds.